The highest BCUT2D eigenvalue weighted by atomic mass is 16.5. The quantitative estimate of drug-likeness (QED) is 0.808. The van der Waals surface area contributed by atoms with Crippen LogP contribution in [0, 0.1) is 0 Å². The molecule has 0 saturated carbocycles. The van der Waals surface area contributed by atoms with Gasteiger partial charge in [0.1, 0.15) is 0 Å². The van der Waals surface area contributed by atoms with Gasteiger partial charge >= 0.3 is 0 Å². The molecule has 17 heavy (non-hydrogen) atoms. The molecule has 0 spiro atoms. The Hall–Kier alpha value is -1.61. The number of carbonyl (C=O) groups is 1. The van der Waals surface area contributed by atoms with E-state index in [1.54, 1.807) is 0 Å². The Bertz CT molecular complexity index is 440. The first-order valence-electron chi connectivity index (χ1n) is 5.80. The summed E-state index contributed by atoms with van der Waals surface area (Å²) in [6.07, 6.45) is 0.403. The largest absolute Gasteiger partial charge is 0.363 e. The summed E-state index contributed by atoms with van der Waals surface area (Å²) in [4.78, 5) is 12.0. The van der Waals surface area contributed by atoms with Crippen molar-refractivity contribution in [3.05, 3.63) is 47.5 Å². The van der Waals surface area contributed by atoms with Crippen LogP contribution in [0.15, 0.2) is 36.4 Å². The molecule has 1 heterocycles. The lowest BCUT2D eigenvalue weighted by molar-refractivity contribution is -0.133. The first-order valence-corrected chi connectivity index (χ1v) is 5.80. The normalized spacial score (nSPS) is 18.3. The van der Waals surface area contributed by atoms with Crippen LogP contribution < -0.4 is 5.32 Å². The first-order chi connectivity index (χ1) is 8.18. The van der Waals surface area contributed by atoms with E-state index in [4.69, 9.17) is 4.74 Å². The second-order valence-electron chi connectivity index (χ2n) is 4.37. The SMILES string of the molecule is C=C(C)CNC(=O)C1OCCc2ccccc21. The molecule has 3 nitrogen and oxygen atoms in total. The number of carbonyl (C=O) groups excluding carboxylic acids is 1. The first kappa shape index (κ1) is 11.9. The van der Waals surface area contributed by atoms with Crippen molar-refractivity contribution in [2.45, 2.75) is 19.4 Å². The van der Waals surface area contributed by atoms with Crippen molar-refractivity contribution in [2.75, 3.05) is 13.2 Å². The molecule has 1 aromatic carbocycles. The molecule has 2 rings (SSSR count). The lowest BCUT2D eigenvalue weighted by Crippen LogP contribution is -2.34. The maximum absolute atomic E-state index is 12.0. The maximum Gasteiger partial charge on any atom is 0.254 e. The summed E-state index contributed by atoms with van der Waals surface area (Å²) in [7, 11) is 0. The number of ether oxygens (including phenoxy) is 1. The molecule has 1 unspecified atom stereocenters. The summed E-state index contributed by atoms with van der Waals surface area (Å²) in [5.41, 5.74) is 3.12. The van der Waals surface area contributed by atoms with E-state index >= 15 is 0 Å². The van der Waals surface area contributed by atoms with E-state index in [0.29, 0.717) is 13.2 Å². The number of hydrogen-bond donors (Lipinski definition) is 1. The van der Waals surface area contributed by atoms with Crippen molar-refractivity contribution < 1.29 is 9.53 Å². The molecule has 0 bridgehead atoms. The van der Waals surface area contributed by atoms with Gasteiger partial charge in [-0.15, -0.1) is 0 Å². The fraction of sp³-hybridized carbons (Fsp3) is 0.357. The van der Waals surface area contributed by atoms with Gasteiger partial charge in [-0.05, 0) is 24.5 Å². The molecular weight excluding hydrogens is 214 g/mol. The van der Waals surface area contributed by atoms with Crippen LogP contribution in [0.3, 0.4) is 0 Å². The Morgan fingerprint density at radius 3 is 3.06 bits per heavy atom. The van der Waals surface area contributed by atoms with Gasteiger partial charge in [0.15, 0.2) is 6.10 Å². The minimum atomic E-state index is -0.473. The van der Waals surface area contributed by atoms with E-state index in [1.165, 1.54) is 5.56 Å². The van der Waals surface area contributed by atoms with Gasteiger partial charge in [0.25, 0.3) is 5.91 Å². The maximum atomic E-state index is 12.0. The molecule has 0 radical (unpaired) electrons. The monoisotopic (exact) mass is 231 g/mol. The number of nitrogens with one attached hydrogen (secondary N) is 1. The zero-order chi connectivity index (χ0) is 12.3. The van der Waals surface area contributed by atoms with Crippen LogP contribution >= 0.6 is 0 Å². The van der Waals surface area contributed by atoms with Crippen molar-refractivity contribution in [1.29, 1.82) is 0 Å². The molecule has 1 N–H and O–H groups in total. The van der Waals surface area contributed by atoms with Gasteiger partial charge < -0.3 is 10.1 Å². The number of rotatable bonds is 3. The molecule has 0 saturated heterocycles. The smallest absolute Gasteiger partial charge is 0.254 e. The van der Waals surface area contributed by atoms with Gasteiger partial charge in [0, 0.05) is 6.54 Å². The minimum absolute atomic E-state index is 0.0832. The van der Waals surface area contributed by atoms with Crippen LogP contribution in [0.4, 0.5) is 0 Å². The Kier molecular flexibility index (Phi) is 3.59. The van der Waals surface area contributed by atoms with Gasteiger partial charge in [0.05, 0.1) is 6.61 Å². The van der Waals surface area contributed by atoms with E-state index in [1.807, 2.05) is 25.1 Å². The van der Waals surface area contributed by atoms with Gasteiger partial charge in [0.2, 0.25) is 0 Å². The second-order valence-corrected chi connectivity index (χ2v) is 4.37. The van der Waals surface area contributed by atoms with Gasteiger partial charge in [-0.25, -0.2) is 0 Å². The summed E-state index contributed by atoms with van der Waals surface area (Å²) in [6.45, 7) is 6.75. The van der Waals surface area contributed by atoms with Crippen molar-refractivity contribution in [3.63, 3.8) is 0 Å². The summed E-state index contributed by atoms with van der Waals surface area (Å²) in [6, 6.07) is 7.94. The molecule has 0 aromatic heterocycles. The summed E-state index contributed by atoms with van der Waals surface area (Å²) in [5.74, 6) is -0.0832. The Balaban J connectivity index is 2.12. The van der Waals surface area contributed by atoms with E-state index < -0.39 is 6.10 Å². The van der Waals surface area contributed by atoms with Crippen molar-refractivity contribution in [2.24, 2.45) is 0 Å². The Labute approximate surface area is 101 Å². The fourth-order valence-corrected chi connectivity index (χ4v) is 1.94. The molecule has 0 aliphatic carbocycles. The third kappa shape index (κ3) is 2.74. The third-order valence-electron chi connectivity index (χ3n) is 2.80. The van der Waals surface area contributed by atoms with Crippen LogP contribution in [0.2, 0.25) is 0 Å². The van der Waals surface area contributed by atoms with Crippen LogP contribution in [0.1, 0.15) is 24.2 Å². The molecule has 0 fully saturated rings. The molecule has 1 aromatic rings. The van der Waals surface area contributed by atoms with Gasteiger partial charge in [-0.2, -0.15) is 0 Å². The Morgan fingerprint density at radius 2 is 2.29 bits per heavy atom. The summed E-state index contributed by atoms with van der Waals surface area (Å²) in [5, 5.41) is 2.83. The zero-order valence-electron chi connectivity index (χ0n) is 10.0. The Morgan fingerprint density at radius 1 is 1.53 bits per heavy atom. The second kappa shape index (κ2) is 5.15. The topological polar surface area (TPSA) is 38.3 Å². The third-order valence-corrected chi connectivity index (χ3v) is 2.80. The van der Waals surface area contributed by atoms with E-state index in [-0.39, 0.29) is 5.91 Å². The summed E-state index contributed by atoms with van der Waals surface area (Å²) < 4.78 is 5.56. The predicted molar refractivity (Wildman–Crippen MR) is 66.7 cm³/mol. The van der Waals surface area contributed by atoms with Crippen LogP contribution in [0.25, 0.3) is 0 Å². The highest BCUT2D eigenvalue weighted by Gasteiger charge is 2.26. The van der Waals surface area contributed by atoms with Gasteiger partial charge in [-0.1, -0.05) is 36.4 Å². The molecule has 1 aliphatic heterocycles. The molecule has 3 heteroatoms. The summed E-state index contributed by atoms with van der Waals surface area (Å²) >= 11 is 0. The number of hydrogen-bond acceptors (Lipinski definition) is 2. The molecular formula is C14H17NO2. The highest BCUT2D eigenvalue weighted by Crippen LogP contribution is 2.26. The number of benzene rings is 1. The molecule has 90 valence electrons. The molecule has 1 aliphatic rings. The highest BCUT2D eigenvalue weighted by molar-refractivity contribution is 5.83. The van der Waals surface area contributed by atoms with Crippen LogP contribution in [-0.2, 0) is 16.0 Å². The minimum Gasteiger partial charge on any atom is -0.363 e. The van der Waals surface area contributed by atoms with E-state index in [0.717, 1.165) is 17.6 Å². The average molecular weight is 231 g/mol. The van der Waals surface area contributed by atoms with E-state index in [2.05, 4.69) is 18.0 Å². The standard InChI is InChI=1S/C14H17NO2/c1-10(2)9-15-14(16)13-12-6-4-3-5-11(12)7-8-17-13/h3-6,13H,1,7-9H2,2H3,(H,15,16). The molecule has 1 atom stereocenters. The zero-order valence-corrected chi connectivity index (χ0v) is 10.0. The number of amides is 1. The van der Waals surface area contributed by atoms with Crippen molar-refractivity contribution in [1.82, 2.24) is 5.32 Å². The van der Waals surface area contributed by atoms with Crippen molar-refractivity contribution >= 4 is 5.91 Å². The van der Waals surface area contributed by atoms with Gasteiger partial charge in [-0.3, -0.25) is 4.79 Å². The lowest BCUT2D eigenvalue weighted by Gasteiger charge is -2.25. The van der Waals surface area contributed by atoms with Crippen LogP contribution in [0.5, 0.6) is 0 Å². The molecule has 1 amide bonds. The van der Waals surface area contributed by atoms with Crippen LogP contribution in [-0.4, -0.2) is 19.1 Å². The predicted octanol–water partition coefficient (Wildman–Crippen LogP) is 1.99. The fourth-order valence-electron chi connectivity index (χ4n) is 1.94. The average Bonchev–Trinajstić information content (AvgIpc) is 2.35. The van der Waals surface area contributed by atoms with Crippen molar-refractivity contribution in [3.8, 4) is 0 Å². The lowest BCUT2D eigenvalue weighted by atomic mass is 9.97. The van der Waals surface area contributed by atoms with E-state index in [9.17, 15) is 4.79 Å². The number of fused-ring (bicyclic) bond motifs is 1.